The third-order valence-corrected chi connectivity index (χ3v) is 6.32. The average molecular weight is 466 g/mol. The molecular weight excluding hydrogens is 442 g/mol. The van der Waals surface area contributed by atoms with Crippen molar-refractivity contribution < 1.29 is 9.47 Å². The summed E-state index contributed by atoms with van der Waals surface area (Å²) in [6.45, 7) is 0.408. The van der Waals surface area contributed by atoms with E-state index in [0.717, 1.165) is 34.1 Å². The van der Waals surface area contributed by atoms with Crippen LogP contribution < -0.4 is 9.47 Å². The second-order valence-electron chi connectivity index (χ2n) is 7.61. The summed E-state index contributed by atoms with van der Waals surface area (Å²) >= 11 is 1.77. The fourth-order valence-corrected chi connectivity index (χ4v) is 4.48. The van der Waals surface area contributed by atoms with Crippen molar-refractivity contribution in [2.24, 2.45) is 0 Å². The van der Waals surface area contributed by atoms with E-state index in [2.05, 4.69) is 51.6 Å². The fraction of sp³-hybridized carbons (Fsp3) is 0.0714. The summed E-state index contributed by atoms with van der Waals surface area (Å²) in [6, 6.07) is 24.2. The number of fused-ring (bicyclic) bond motifs is 1. The van der Waals surface area contributed by atoms with Crippen molar-refractivity contribution in [2.75, 3.05) is 7.11 Å². The summed E-state index contributed by atoms with van der Waals surface area (Å²) < 4.78 is 12.7. The van der Waals surface area contributed by atoms with Crippen LogP contribution in [0.25, 0.3) is 34.4 Å². The number of aromatic amines is 1. The topological polar surface area (TPSA) is 60.0 Å². The van der Waals surface area contributed by atoms with E-state index in [9.17, 15) is 0 Å². The van der Waals surface area contributed by atoms with Gasteiger partial charge in [0.2, 0.25) is 0 Å². The van der Waals surface area contributed by atoms with Gasteiger partial charge in [-0.05, 0) is 72.2 Å². The smallest absolute Gasteiger partial charge is 0.130 e. The number of hydrogen-bond acceptors (Lipinski definition) is 5. The van der Waals surface area contributed by atoms with Gasteiger partial charge in [0.15, 0.2) is 0 Å². The Morgan fingerprint density at radius 1 is 0.912 bits per heavy atom. The SMILES string of the molecule is COc1cc(OCc2ccccn2)ccc1C=Cc1cc(C=Cc2cc3ccccc3s2)n[nH]1. The van der Waals surface area contributed by atoms with Crippen molar-refractivity contribution in [2.45, 2.75) is 6.61 Å². The molecule has 0 bridgehead atoms. The first kappa shape index (κ1) is 21.7. The van der Waals surface area contributed by atoms with Crippen molar-refractivity contribution in [3.63, 3.8) is 0 Å². The summed E-state index contributed by atoms with van der Waals surface area (Å²) in [5.41, 5.74) is 3.61. The minimum atomic E-state index is 0.408. The lowest BCUT2D eigenvalue weighted by Crippen LogP contribution is -1.98. The Kier molecular flexibility index (Phi) is 6.49. The molecule has 34 heavy (non-hydrogen) atoms. The summed E-state index contributed by atoms with van der Waals surface area (Å²) in [7, 11) is 1.66. The van der Waals surface area contributed by atoms with Gasteiger partial charge < -0.3 is 9.47 Å². The van der Waals surface area contributed by atoms with Gasteiger partial charge in [0.05, 0.1) is 24.2 Å². The molecule has 0 spiro atoms. The second kappa shape index (κ2) is 10.2. The predicted molar refractivity (Wildman–Crippen MR) is 140 cm³/mol. The van der Waals surface area contributed by atoms with Gasteiger partial charge in [0.25, 0.3) is 0 Å². The molecule has 168 valence electrons. The Morgan fingerprint density at radius 2 is 1.82 bits per heavy atom. The highest BCUT2D eigenvalue weighted by Gasteiger charge is 2.05. The van der Waals surface area contributed by atoms with Crippen LogP contribution in [0.2, 0.25) is 0 Å². The molecule has 2 aromatic carbocycles. The monoisotopic (exact) mass is 465 g/mol. The van der Waals surface area contributed by atoms with E-state index in [-0.39, 0.29) is 0 Å². The number of ether oxygens (including phenoxy) is 2. The minimum absolute atomic E-state index is 0.408. The molecule has 1 N–H and O–H groups in total. The Balaban J connectivity index is 1.24. The number of nitrogens with zero attached hydrogens (tertiary/aromatic N) is 2. The van der Waals surface area contributed by atoms with Gasteiger partial charge in [-0.15, -0.1) is 11.3 Å². The Labute approximate surface area is 202 Å². The zero-order valence-electron chi connectivity index (χ0n) is 18.6. The van der Waals surface area contributed by atoms with Gasteiger partial charge in [0, 0.05) is 27.4 Å². The molecule has 0 saturated heterocycles. The molecule has 0 saturated carbocycles. The highest BCUT2D eigenvalue weighted by atomic mass is 32.1. The quantitative estimate of drug-likeness (QED) is 0.269. The van der Waals surface area contributed by atoms with Crippen LogP contribution in [0.4, 0.5) is 0 Å². The summed E-state index contributed by atoms with van der Waals surface area (Å²) in [6.07, 6.45) is 9.85. The van der Waals surface area contributed by atoms with E-state index >= 15 is 0 Å². The fourth-order valence-electron chi connectivity index (χ4n) is 3.52. The van der Waals surface area contributed by atoms with Crippen LogP contribution in [0.3, 0.4) is 0 Å². The van der Waals surface area contributed by atoms with Crippen molar-refractivity contribution in [1.29, 1.82) is 0 Å². The highest BCUT2D eigenvalue weighted by Crippen LogP contribution is 2.28. The molecule has 0 aliphatic heterocycles. The van der Waals surface area contributed by atoms with Crippen LogP contribution in [0.5, 0.6) is 11.5 Å². The number of pyridine rings is 1. The van der Waals surface area contributed by atoms with Gasteiger partial charge in [-0.25, -0.2) is 0 Å². The first-order valence-electron chi connectivity index (χ1n) is 10.9. The lowest BCUT2D eigenvalue weighted by molar-refractivity contribution is 0.299. The van der Waals surface area contributed by atoms with E-state index < -0.39 is 0 Å². The van der Waals surface area contributed by atoms with Crippen molar-refractivity contribution >= 4 is 45.7 Å². The largest absolute Gasteiger partial charge is 0.496 e. The van der Waals surface area contributed by atoms with E-state index in [1.807, 2.05) is 60.7 Å². The Hall–Kier alpha value is -4.16. The zero-order chi connectivity index (χ0) is 23.2. The van der Waals surface area contributed by atoms with Crippen molar-refractivity contribution in [3.05, 3.63) is 107 Å². The third kappa shape index (κ3) is 5.24. The van der Waals surface area contributed by atoms with Gasteiger partial charge in [-0.1, -0.05) is 24.3 Å². The standard InChI is InChI=1S/C28H23N3O2S/c1-32-27-18-25(33-19-24-7-4-5-15-29-24)13-10-20(27)9-11-22-17-23(31-30-22)12-14-26-16-21-6-2-3-8-28(21)34-26/h2-18H,19H2,1H3,(H,30,31). The maximum absolute atomic E-state index is 5.85. The first-order valence-corrected chi connectivity index (χ1v) is 11.7. The summed E-state index contributed by atoms with van der Waals surface area (Å²) in [4.78, 5) is 5.48. The van der Waals surface area contributed by atoms with E-state index in [1.165, 1.54) is 15.0 Å². The van der Waals surface area contributed by atoms with Gasteiger partial charge in [-0.2, -0.15) is 5.10 Å². The minimum Gasteiger partial charge on any atom is -0.496 e. The molecule has 0 aliphatic rings. The molecule has 3 aromatic heterocycles. The second-order valence-corrected chi connectivity index (χ2v) is 8.73. The predicted octanol–water partition coefficient (Wildman–Crippen LogP) is 6.95. The first-order chi connectivity index (χ1) is 16.8. The number of nitrogens with one attached hydrogen (secondary N) is 1. The van der Waals surface area contributed by atoms with Crippen LogP contribution in [0, 0.1) is 0 Å². The number of H-pyrrole nitrogens is 1. The van der Waals surface area contributed by atoms with Gasteiger partial charge >= 0.3 is 0 Å². The van der Waals surface area contributed by atoms with E-state index in [0.29, 0.717) is 6.61 Å². The number of benzene rings is 2. The van der Waals surface area contributed by atoms with E-state index in [1.54, 1.807) is 24.6 Å². The zero-order valence-corrected chi connectivity index (χ0v) is 19.5. The van der Waals surface area contributed by atoms with Crippen molar-refractivity contribution in [1.82, 2.24) is 15.2 Å². The number of aromatic nitrogens is 3. The van der Waals surface area contributed by atoms with Crippen LogP contribution in [0.15, 0.2) is 79.0 Å². The molecule has 5 nitrogen and oxygen atoms in total. The van der Waals surface area contributed by atoms with Crippen LogP contribution in [-0.2, 0) is 6.61 Å². The molecule has 0 unspecified atom stereocenters. The molecule has 3 heterocycles. The normalized spacial score (nSPS) is 11.6. The number of thiophene rings is 1. The maximum atomic E-state index is 5.85. The molecule has 0 amide bonds. The van der Waals surface area contributed by atoms with Crippen LogP contribution >= 0.6 is 11.3 Å². The van der Waals surface area contributed by atoms with Crippen LogP contribution in [0.1, 0.15) is 27.5 Å². The van der Waals surface area contributed by atoms with Crippen LogP contribution in [-0.4, -0.2) is 22.3 Å². The lowest BCUT2D eigenvalue weighted by Gasteiger charge is -2.09. The van der Waals surface area contributed by atoms with Gasteiger partial charge in [-0.3, -0.25) is 10.1 Å². The average Bonchev–Trinajstić information content (AvgIpc) is 3.52. The molecule has 0 atom stereocenters. The summed E-state index contributed by atoms with van der Waals surface area (Å²) in [5.74, 6) is 1.47. The number of hydrogen-bond donors (Lipinski definition) is 1. The number of rotatable bonds is 8. The molecule has 0 radical (unpaired) electrons. The molecule has 5 rings (SSSR count). The molecule has 6 heteroatoms. The molecule has 0 aliphatic carbocycles. The third-order valence-electron chi connectivity index (χ3n) is 5.24. The summed E-state index contributed by atoms with van der Waals surface area (Å²) in [5, 5.41) is 8.72. The molecular formula is C28H23N3O2S. The molecule has 5 aromatic rings. The maximum Gasteiger partial charge on any atom is 0.130 e. The Bertz CT molecular complexity index is 1420. The number of methoxy groups -OCH3 is 1. The van der Waals surface area contributed by atoms with E-state index in [4.69, 9.17) is 9.47 Å². The lowest BCUT2D eigenvalue weighted by atomic mass is 10.1. The van der Waals surface area contributed by atoms with Crippen molar-refractivity contribution in [3.8, 4) is 11.5 Å². The van der Waals surface area contributed by atoms with Gasteiger partial charge in [0.1, 0.15) is 18.1 Å². The Morgan fingerprint density at radius 3 is 2.68 bits per heavy atom. The highest BCUT2D eigenvalue weighted by molar-refractivity contribution is 7.19. The molecule has 0 fully saturated rings.